The Morgan fingerprint density at radius 1 is 1.19 bits per heavy atom. The third kappa shape index (κ3) is 4.22. The van der Waals surface area contributed by atoms with E-state index in [1.807, 2.05) is 4.90 Å². The second-order valence-corrected chi connectivity index (χ2v) is 6.15. The van der Waals surface area contributed by atoms with Gasteiger partial charge in [-0.2, -0.15) is 0 Å². The molecule has 0 atom stereocenters. The number of piperidine rings is 1. The molecule has 0 unspecified atom stereocenters. The van der Waals surface area contributed by atoms with Crippen molar-refractivity contribution in [2.24, 2.45) is 5.92 Å². The van der Waals surface area contributed by atoms with Crippen LogP contribution in [0.3, 0.4) is 0 Å². The normalized spacial score (nSPS) is 14.6. The lowest BCUT2D eigenvalue weighted by atomic mass is 9.97. The largest absolute Gasteiger partial charge is 0.481 e. The number of aliphatic carboxylic acids is 1. The highest BCUT2D eigenvalue weighted by molar-refractivity contribution is 5.95. The van der Waals surface area contributed by atoms with E-state index in [2.05, 4.69) is 20.8 Å². The fraction of sp³-hybridized carbons (Fsp3) is 0.294. The van der Waals surface area contributed by atoms with Crippen molar-refractivity contribution in [3.63, 3.8) is 0 Å². The molecule has 1 aliphatic rings. The topological polar surface area (TPSA) is 133 Å². The van der Waals surface area contributed by atoms with Crippen molar-refractivity contribution >= 4 is 29.2 Å². The van der Waals surface area contributed by atoms with E-state index in [0.717, 1.165) is 0 Å². The van der Waals surface area contributed by atoms with Gasteiger partial charge in [0.25, 0.3) is 5.91 Å². The zero-order chi connectivity index (χ0) is 19.4. The van der Waals surface area contributed by atoms with E-state index in [9.17, 15) is 14.0 Å². The van der Waals surface area contributed by atoms with Crippen LogP contribution in [0.5, 0.6) is 0 Å². The second kappa shape index (κ2) is 7.85. The van der Waals surface area contributed by atoms with E-state index in [4.69, 9.17) is 10.8 Å². The van der Waals surface area contributed by atoms with E-state index in [-0.39, 0.29) is 23.0 Å². The van der Waals surface area contributed by atoms with E-state index in [0.29, 0.717) is 31.7 Å². The van der Waals surface area contributed by atoms with Gasteiger partial charge in [0.1, 0.15) is 17.8 Å². The number of carbonyl (C=O) groups excluding carboxylic acids is 1. The van der Waals surface area contributed by atoms with Crippen LogP contribution in [-0.2, 0) is 4.79 Å². The first-order valence-electron chi connectivity index (χ1n) is 8.36. The lowest BCUT2D eigenvalue weighted by molar-refractivity contribution is -0.142. The molecule has 2 aromatic rings. The molecule has 1 fully saturated rings. The number of hydrazine groups is 1. The van der Waals surface area contributed by atoms with Gasteiger partial charge >= 0.3 is 5.97 Å². The van der Waals surface area contributed by atoms with Gasteiger partial charge in [-0.3, -0.25) is 20.4 Å². The fourth-order valence-corrected chi connectivity index (χ4v) is 2.87. The molecule has 142 valence electrons. The molecule has 1 saturated heterocycles. The summed E-state index contributed by atoms with van der Waals surface area (Å²) in [6.45, 7) is 1.03. The summed E-state index contributed by atoms with van der Waals surface area (Å²) >= 11 is 0. The minimum Gasteiger partial charge on any atom is -0.481 e. The van der Waals surface area contributed by atoms with Crippen molar-refractivity contribution in [2.75, 3.05) is 29.1 Å². The predicted molar refractivity (Wildman–Crippen MR) is 96.5 cm³/mol. The van der Waals surface area contributed by atoms with Crippen LogP contribution in [0.25, 0.3) is 0 Å². The van der Waals surface area contributed by atoms with Crippen molar-refractivity contribution in [3.8, 4) is 0 Å². The molecule has 1 aromatic heterocycles. The van der Waals surface area contributed by atoms with Gasteiger partial charge in [0.15, 0.2) is 11.6 Å². The first kappa shape index (κ1) is 18.4. The predicted octanol–water partition coefficient (Wildman–Crippen LogP) is 1.26. The van der Waals surface area contributed by atoms with Crippen LogP contribution in [0.1, 0.15) is 23.2 Å². The van der Waals surface area contributed by atoms with Crippen molar-refractivity contribution in [1.82, 2.24) is 15.4 Å². The molecule has 1 amide bonds. The Kier molecular flexibility index (Phi) is 5.34. The molecule has 0 radical (unpaired) electrons. The first-order chi connectivity index (χ1) is 13.0. The summed E-state index contributed by atoms with van der Waals surface area (Å²) in [6, 6.07) is 5.08. The molecule has 3 rings (SSSR count). The van der Waals surface area contributed by atoms with E-state index < -0.39 is 17.7 Å². The fourth-order valence-electron chi connectivity index (χ4n) is 2.87. The van der Waals surface area contributed by atoms with Crippen molar-refractivity contribution in [3.05, 3.63) is 42.0 Å². The third-order valence-corrected chi connectivity index (χ3v) is 4.41. The maximum atomic E-state index is 12.9. The number of rotatable bonds is 5. The Balaban J connectivity index is 1.65. The third-order valence-electron chi connectivity index (χ3n) is 4.41. The smallest absolute Gasteiger partial charge is 0.306 e. The molecule has 0 aliphatic carbocycles. The van der Waals surface area contributed by atoms with Gasteiger partial charge in [-0.05, 0) is 37.1 Å². The van der Waals surface area contributed by atoms with Crippen LogP contribution < -0.4 is 21.5 Å². The van der Waals surface area contributed by atoms with E-state index >= 15 is 0 Å². The highest BCUT2D eigenvalue weighted by Crippen LogP contribution is 2.29. The van der Waals surface area contributed by atoms with Crippen LogP contribution in [0.15, 0.2) is 30.6 Å². The van der Waals surface area contributed by atoms with Gasteiger partial charge in [-0.1, -0.05) is 0 Å². The van der Waals surface area contributed by atoms with Gasteiger partial charge in [0.05, 0.1) is 5.92 Å². The lowest BCUT2D eigenvalue weighted by Crippen LogP contribution is -2.37. The number of hydrogen-bond acceptors (Lipinski definition) is 7. The number of amides is 1. The summed E-state index contributed by atoms with van der Waals surface area (Å²) in [6.07, 6.45) is 2.31. The number of nitrogens with zero attached hydrogens (tertiary/aromatic N) is 3. The van der Waals surface area contributed by atoms with E-state index in [1.165, 1.54) is 30.6 Å². The highest BCUT2D eigenvalue weighted by Gasteiger charge is 2.26. The van der Waals surface area contributed by atoms with Gasteiger partial charge in [0.2, 0.25) is 0 Å². The van der Waals surface area contributed by atoms with Crippen LogP contribution >= 0.6 is 0 Å². The summed E-state index contributed by atoms with van der Waals surface area (Å²) in [7, 11) is 0. The number of carbonyl (C=O) groups is 2. The summed E-state index contributed by atoms with van der Waals surface area (Å²) in [4.78, 5) is 33.2. The molecule has 9 nitrogen and oxygen atoms in total. The molecular weight excluding hydrogens is 355 g/mol. The number of benzene rings is 1. The maximum Gasteiger partial charge on any atom is 0.306 e. The average Bonchev–Trinajstić information content (AvgIpc) is 2.67. The van der Waals surface area contributed by atoms with Gasteiger partial charge in [-0.15, -0.1) is 0 Å². The first-order valence-corrected chi connectivity index (χ1v) is 8.36. The molecule has 1 aromatic carbocycles. The Hall–Kier alpha value is -3.43. The molecule has 2 heterocycles. The Labute approximate surface area is 154 Å². The number of nitrogens with two attached hydrogens (primary N) is 1. The Morgan fingerprint density at radius 2 is 1.85 bits per heavy atom. The van der Waals surface area contributed by atoms with Gasteiger partial charge in [-0.25, -0.2) is 14.4 Å². The van der Waals surface area contributed by atoms with E-state index in [1.54, 1.807) is 0 Å². The highest BCUT2D eigenvalue weighted by atomic mass is 19.1. The van der Waals surface area contributed by atoms with Gasteiger partial charge in [0, 0.05) is 18.7 Å². The quantitative estimate of drug-likeness (QED) is 0.575. The number of anilines is 3. The monoisotopic (exact) mass is 374 g/mol. The van der Waals surface area contributed by atoms with Crippen LogP contribution in [0.2, 0.25) is 0 Å². The molecule has 5 N–H and O–H groups in total. The van der Waals surface area contributed by atoms with Gasteiger partial charge < -0.3 is 15.7 Å². The number of nitrogen functional groups attached to an aromatic ring is 1. The lowest BCUT2D eigenvalue weighted by Gasteiger charge is -2.31. The minimum atomic E-state index is -0.795. The Bertz CT molecular complexity index is 837. The number of halogens is 1. The maximum absolute atomic E-state index is 12.9. The Morgan fingerprint density at radius 3 is 2.48 bits per heavy atom. The average molecular weight is 374 g/mol. The van der Waals surface area contributed by atoms with Crippen LogP contribution in [0, 0.1) is 11.7 Å². The van der Waals surface area contributed by atoms with Crippen molar-refractivity contribution < 1.29 is 19.1 Å². The summed E-state index contributed by atoms with van der Waals surface area (Å²) < 4.78 is 12.9. The zero-order valence-corrected chi connectivity index (χ0v) is 14.4. The molecule has 10 heteroatoms. The summed E-state index contributed by atoms with van der Waals surface area (Å²) in [5, 5.41) is 9.09. The van der Waals surface area contributed by atoms with Crippen molar-refractivity contribution in [2.45, 2.75) is 12.8 Å². The molecular formula is C17H19FN6O3. The van der Waals surface area contributed by atoms with Crippen molar-refractivity contribution in [1.29, 1.82) is 0 Å². The molecule has 1 aliphatic heterocycles. The number of aromatic nitrogens is 2. The molecule has 0 saturated carbocycles. The minimum absolute atomic E-state index is 0.218. The molecule has 0 bridgehead atoms. The number of nitrogens with one attached hydrogen (secondary N) is 2. The standard InChI is InChI=1S/C17H19FN6O3/c18-12-3-1-10(2-4-12)16(25)23-22-14-13(19)15(21-9-20-14)24-7-5-11(6-8-24)17(26)27/h1-4,9,11H,5-8,19H2,(H,23,25)(H,26,27)(H,20,21,22). The number of hydrogen-bond donors (Lipinski definition) is 4. The number of carboxylic acids is 1. The zero-order valence-electron chi connectivity index (χ0n) is 14.4. The van der Waals surface area contributed by atoms with Crippen LogP contribution in [-0.4, -0.2) is 40.0 Å². The summed E-state index contributed by atoms with van der Waals surface area (Å²) in [5.41, 5.74) is 11.7. The number of carboxylic acid groups (broad SMARTS) is 1. The SMILES string of the molecule is Nc1c(NNC(=O)c2ccc(F)cc2)ncnc1N1CCC(C(=O)O)CC1. The second-order valence-electron chi connectivity index (χ2n) is 6.15. The summed E-state index contributed by atoms with van der Waals surface area (Å²) in [5.74, 6) is -1.37. The molecule has 0 spiro atoms. The molecule has 27 heavy (non-hydrogen) atoms. The van der Waals surface area contributed by atoms with Crippen LogP contribution in [0.4, 0.5) is 21.7 Å².